The van der Waals surface area contributed by atoms with E-state index in [1.54, 1.807) is 19.9 Å². The van der Waals surface area contributed by atoms with E-state index < -0.39 is 17.4 Å². The highest BCUT2D eigenvalue weighted by Gasteiger charge is 2.36. The molecule has 0 fully saturated rings. The van der Waals surface area contributed by atoms with Gasteiger partial charge in [0.05, 0.1) is 4.47 Å². The van der Waals surface area contributed by atoms with Crippen LogP contribution in [0.15, 0.2) is 22.7 Å². The van der Waals surface area contributed by atoms with Crippen LogP contribution in [0.25, 0.3) is 0 Å². The average molecular weight is 358 g/mol. The maximum atomic E-state index is 11.9. The second kappa shape index (κ2) is 7.45. The molecule has 0 saturated heterocycles. The Balaban J connectivity index is 2.67. The zero-order valence-electron chi connectivity index (χ0n) is 12.4. The predicted molar refractivity (Wildman–Crippen MR) is 83.5 cm³/mol. The fourth-order valence-electron chi connectivity index (χ4n) is 1.95. The standard InChI is InChI=1S/C15H20BrNO4/c1-4-15(5-2,14(19)20)17-13(18)9-21-12-7-6-10(3)8-11(12)16/h6-8H,4-5,9H2,1-3H3,(H,17,18)(H,19,20). The lowest BCUT2D eigenvalue weighted by Crippen LogP contribution is -2.54. The number of aryl methyl sites for hydroxylation is 1. The van der Waals surface area contributed by atoms with Crippen LogP contribution in [0.3, 0.4) is 0 Å². The molecule has 0 atom stereocenters. The molecule has 0 spiro atoms. The van der Waals surface area contributed by atoms with E-state index in [0.717, 1.165) is 10.0 Å². The van der Waals surface area contributed by atoms with E-state index in [1.165, 1.54) is 0 Å². The molecule has 6 heteroatoms. The van der Waals surface area contributed by atoms with Crippen LogP contribution in [0.1, 0.15) is 32.3 Å². The van der Waals surface area contributed by atoms with Gasteiger partial charge in [0.25, 0.3) is 5.91 Å². The summed E-state index contributed by atoms with van der Waals surface area (Å²) in [4.78, 5) is 23.2. The summed E-state index contributed by atoms with van der Waals surface area (Å²) in [5.41, 5.74) is -0.161. The summed E-state index contributed by atoms with van der Waals surface area (Å²) in [5.74, 6) is -0.935. The van der Waals surface area contributed by atoms with Crippen molar-refractivity contribution in [3.8, 4) is 5.75 Å². The third kappa shape index (κ3) is 4.46. The number of hydrogen-bond donors (Lipinski definition) is 2. The van der Waals surface area contributed by atoms with Crippen molar-refractivity contribution in [3.05, 3.63) is 28.2 Å². The first kappa shape index (κ1) is 17.5. The van der Waals surface area contributed by atoms with Crippen LogP contribution in [0.5, 0.6) is 5.75 Å². The van der Waals surface area contributed by atoms with Crippen LogP contribution in [0.2, 0.25) is 0 Å². The van der Waals surface area contributed by atoms with Crippen LogP contribution in [-0.4, -0.2) is 29.1 Å². The first-order valence-electron chi connectivity index (χ1n) is 6.78. The van der Waals surface area contributed by atoms with Crippen molar-refractivity contribution in [2.45, 2.75) is 39.2 Å². The molecule has 1 rings (SSSR count). The highest BCUT2D eigenvalue weighted by molar-refractivity contribution is 9.10. The highest BCUT2D eigenvalue weighted by atomic mass is 79.9. The van der Waals surface area contributed by atoms with Crippen molar-refractivity contribution in [2.75, 3.05) is 6.61 Å². The minimum Gasteiger partial charge on any atom is -0.483 e. The van der Waals surface area contributed by atoms with Crippen LogP contribution in [0, 0.1) is 6.92 Å². The molecule has 0 bridgehead atoms. The summed E-state index contributed by atoms with van der Waals surface area (Å²) in [6.45, 7) is 5.19. The lowest BCUT2D eigenvalue weighted by atomic mass is 9.93. The Morgan fingerprint density at radius 2 is 1.95 bits per heavy atom. The van der Waals surface area contributed by atoms with Crippen molar-refractivity contribution in [3.63, 3.8) is 0 Å². The molecular formula is C15H20BrNO4. The number of nitrogens with one attached hydrogen (secondary N) is 1. The van der Waals surface area contributed by atoms with E-state index >= 15 is 0 Å². The molecule has 0 radical (unpaired) electrons. The molecule has 5 nitrogen and oxygen atoms in total. The quantitative estimate of drug-likeness (QED) is 0.786. The normalized spacial score (nSPS) is 11.0. The minimum absolute atomic E-state index is 0.226. The number of halogens is 1. The summed E-state index contributed by atoms with van der Waals surface area (Å²) < 4.78 is 6.17. The fraction of sp³-hybridized carbons (Fsp3) is 0.467. The molecule has 116 valence electrons. The Bertz CT molecular complexity index is 526. The van der Waals surface area contributed by atoms with Gasteiger partial charge in [-0.3, -0.25) is 4.79 Å². The SMILES string of the molecule is CCC(CC)(NC(=O)COc1ccc(C)cc1Br)C(=O)O. The number of carboxylic acid groups (broad SMARTS) is 1. The maximum Gasteiger partial charge on any atom is 0.329 e. The predicted octanol–water partition coefficient (Wildman–Crippen LogP) is 2.90. The van der Waals surface area contributed by atoms with E-state index in [2.05, 4.69) is 21.2 Å². The second-order valence-corrected chi connectivity index (χ2v) is 5.72. The van der Waals surface area contributed by atoms with E-state index in [4.69, 9.17) is 4.74 Å². The van der Waals surface area contributed by atoms with Gasteiger partial charge < -0.3 is 15.2 Å². The minimum atomic E-state index is -1.23. The van der Waals surface area contributed by atoms with E-state index in [-0.39, 0.29) is 6.61 Å². The molecule has 0 unspecified atom stereocenters. The zero-order valence-corrected chi connectivity index (χ0v) is 14.0. The van der Waals surface area contributed by atoms with E-state index in [0.29, 0.717) is 18.6 Å². The Morgan fingerprint density at radius 3 is 2.43 bits per heavy atom. The largest absolute Gasteiger partial charge is 0.483 e. The molecular weight excluding hydrogens is 338 g/mol. The summed E-state index contributed by atoms with van der Waals surface area (Å²) in [7, 11) is 0. The van der Waals surface area contributed by atoms with Gasteiger partial charge in [0.2, 0.25) is 0 Å². The summed E-state index contributed by atoms with van der Waals surface area (Å²) in [6, 6.07) is 5.52. The number of benzene rings is 1. The molecule has 2 N–H and O–H groups in total. The first-order chi connectivity index (χ1) is 9.84. The molecule has 0 aliphatic carbocycles. The van der Waals surface area contributed by atoms with Gasteiger partial charge in [-0.1, -0.05) is 19.9 Å². The van der Waals surface area contributed by atoms with Crippen molar-refractivity contribution in [2.24, 2.45) is 0 Å². The molecule has 1 aromatic rings. The van der Waals surface area contributed by atoms with Crippen LogP contribution in [-0.2, 0) is 9.59 Å². The smallest absolute Gasteiger partial charge is 0.329 e. The fourth-order valence-corrected chi connectivity index (χ4v) is 2.56. The Morgan fingerprint density at radius 1 is 1.33 bits per heavy atom. The summed E-state index contributed by atoms with van der Waals surface area (Å²) in [6.07, 6.45) is 0.637. The second-order valence-electron chi connectivity index (χ2n) is 4.87. The van der Waals surface area contributed by atoms with Crippen LogP contribution >= 0.6 is 15.9 Å². The van der Waals surface area contributed by atoms with Crippen molar-refractivity contribution in [1.82, 2.24) is 5.32 Å². The summed E-state index contributed by atoms with van der Waals surface area (Å²) >= 11 is 3.36. The van der Waals surface area contributed by atoms with Crippen molar-refractivity contribution < 1.29 is 19.4 Å². The highest BCUT2D eigenvalue weighted by Crippen LogP contribution is 2.25. The lowest BCUT2D eigenvalue weighted by molar-refractivity contribution is -0.148. The molecule has 21 heavy (non-hydrogen) atoms. The topological polar surface area (TPSA) is 75.6 Å². The number of rotatable bonds is 7. The third-order valence-electron chi connectivity index (χ3n) is 3.44. The third-order valence-corrected chi connectivity index (χ3v) is 4.06. The monoisotopic (exact) mass is 357 g/mol. The van der Waals surface area contributed by atoms with Crippen LogP contribution in [0.4, 0.5) is 0 Å². The molecule has 1 aromatic carbocycles. The number of carboxylic acids is 1. The Labute approximate surface area is 132 Å². The van der Waals surface area contributed by atoms with Gasteiger partial charge in [0, 0.05) is 0 Å². The summed E-state index contributed by atoms with van der Waals surface area (Å²) in [5, 5.41) is 11.8. The van der Waals surface area contributed by atoms with Gasteiger partial charge in [-0.05, 0) is 53.4 Å². The molecule has 0 aliphatic heterocycles. The van der Waals surface area contributed by atoms with E-state index in [9.17, 15) is 14.7 Å². The lowest BCUT2D eigenvalue weighted by Gasteiger charge is -2.28. The van der Waals surface area contributed by atoms with Gasteiger partial charge >= 0.3 is 5.97 Å². The Hall–Kier alpha value is -1.56. The Kier molecular flexibility index (Phi) is 6.20. The van der Waals surface area contributed by atoms with Gasteiger partial charge in [0.1, 0.15) is 11.3 Å². The van der Waals surface area contributed by atoms with Gasteiger partial charge in [0.15, 0.2) is 6.61 Å². The first-order valence-corrected chi connectivity index (χ1v) is 7.57. The molecule has 0 aliphatic rings. The average Bonchev–Trinajstić information content (AvgIpc) is 2.43. The maximum absolute atomic E-state index is 11.9. The van der Waals surface area contributed by atoms with Crippen LogP contribution < -0.4 is 10.1 Å². The van der Waals surface area contributed by atoms with Gasteiger partial charge in [-0.2, -0.15) is 0 Å². The van der Waals surface area contributed by atoms with Crippen molar-refractivity contribution >= 4 is 27.8 Å². The molecule has 0 saturated carbocycles. The number of aliphatic carboxylic acids is 1. The number of ether oxygens (including phenoxy) is 1. The van der Waals surface area contributed by atoms with Gasteiger partial charge in [-0.15, -0.1) is 0 Å². The number of hydrogen-bond acceptors (Lipinski definition) is 3. The molecule has 0 heterocycles. The number of amides is 1. The van der Waals surface area contributed by atoms with Crippen molar-refractivity contribution in [1.29, 1.82) is 0 Å². The zero-order chi connectivity index (χ0) is 16.0. The number of carbonyl (C=O) groups excluding carboxylic acids is 1. The number of carbonyl (C=O) groups is 2. The van der Waals surface area contributed by atoms with Gasteiger partial charge in [-0.25, -0.2) is 4.79 Å². The molecule has 1 amide bonds. The van der Waals surface area contributed by atoms with E-state index in [1.807, 2.05) is 19.1 Å². The molecule has 0 aromatic heterocycles.